The molecule has 2 N–H and O–H groups in total. The van der Waals surface area contributed by atoms with Gasteiger partial charge < -0.3 is 15.1 Å². The van der Waals surface area contributed by atoms with Crippen LogP contribution in [0.25, 0.3) is 0 Å². The summed E-state index contributed by atoms with van der Waals surface area (Å²) in [4.78, 5) is 16.6. The zero-order chi connectivity index (χ0) is 21.9. The molecule has 0 unspecified atom stereocenters. The largest absolute Gasteiger partial charge is 0.368 e. The third kappa shape index (κ3) is 4.94. The van der Waals surface area contributed by atoms with Gasteiger partial charge in [0.2, 0.25) is 0 Å². The van der Waals surface area contributed by atoms with Crippen molar-refractivity contribution in [1.29, 1.82) is 0 Å². The summed E-state index contributed by atoms with van der Waals surface area (Å²) in [6.07, 6.45) is 0. The third-order valence-corrected chi connectivity index (χ3v) is 6.60. The molecule has 2 aromatic rings. The zero-order valence-electron chi connectivity index (χ0n) is 18.0. The number of anilines is 2. The summed E-state index contributed by atoms with van der Waals surface area (Å²) >= 11 is 0. The molecule has 0 spiro atoms. The predicted molar refractivity (Wildman–Crippen MR) is 121 cm³/mol. The van der Waals surface area contributed by atoms with Crippen LogP contribution in [0.5, 0.6) is 0 Å². The molecule has 2 aromatic carbocycles. The SMILES string of the molecule is CC(C)c1ccc(S(=O)(=O)Nc2ccc(N3CCNCC3)c(C(=O)N(C)C)c2)cc1. The van der Waals surface area contributed by atoms with Crippen LogP contribution in [0.15, 0.2) is 47.4 Å². The molecule has 1 amide bonds. The van der Waals surface area contributed by atoms with Crippen molar-refractivity contribution in [3.8, 4) is 0 Å². The average Bonchev–Trinajstić information content (AvgIpc) is 2.73. The molecule has 1 fully saturated rings. The number of nitrogens with zero attached hydrogens (tertiary/aromatic N) is 2. The van der Waals surface area contributed by atoms with Gasteiger partial charge in [-0.25, -0.2) is 8.42 Å². The number of carbonyl (C=O) groups excluding carboxylic acids is 1. The number of sulfonamides is 1. The second-order valence-corrected chi connectivity index (χ2v) is 9.68. The van der Waals surface area contributed by atoms with Crippen LogP contribution in [0, 0.1) is 0 Å². The van der Waals surface area contributed by atoms with Gasteiger partial charge in [-0.2, -0.15) is 0 Å². The first-order valence-corrected chi connectivity index (χ1v) is 11.6. The van der Waals surface area contributed by atoms with Crippen molar-refractivity contribution >= 4 is 27.3 Å². The quantitative estimate of drug-likeness (QED) is 0.736. The molecular formula is C22H30N4O3S. The van der Waals surface area contributed by atoms with E-state index in [-0.39, 0.29) is 10.8 Å². The highest BCUT2D eigenvalue weighted by Gasteiger charge is 2.22. The fourth-order valence-corrected chi connectivity index (χ4v) is 4.49. The topological polar surface area (TPSA) is 81.8 Å². The lowest BCUT2D eigenvalue weighted by molar-refractivity contribution is 0.0828. The Morgan fingerprint density at radius 2 is 1.70 bits per heavy atom. The minimum Gasteiger partial charge on any atom is -0.368 e. The van der Waals surface area contributed by atoms with Crippen molar-refractivity contribution in [3.63, 3.8) is 0 Å². The maximum atomic E-state index is 12.9. The van der Waals surface area contributed by atoms with Crippen LogP contribution in [0.4, 0.5) is 11.4 Å². The Kier molecular flexibility index (Phi) is 6.67. The van der Waals surface area contributed by atoms with Crippen molar-refractivity contribution in [2.75, 3.05) is 49.9 Å². The van der Waals surface area contributed by atoms with E-state index in [1.54, 1.807) is 38.4 Å². The summed E-state index contributed by atoms with van der Waals surface area (Å²) in [5, 5.41) is 3.30. The van der Waals surface area contributed by atoms with Gasteiger partial charge in [0.05, 0.1) is 10.5 Å². The number of hydrogen-bond donors (Lipinski definition) is 2. The first kappa shape index (κ1) is 22.1. The summed E-state index contributed by atoms with van der Waals surface area (Å²) in [6, 6.07) is 12.0. The van der Waals surface area contributed by atoms with Gasteiger partial charge in [0.25, 0.3) is 15.9 Å². The van der Waals surface area contributed by atoms with E-state index < -0.39 is 10.0 Å². The number of nitrogens with one attached hydrogen (secondary N) is 2. The molecule has 30 heavy (non-hydrogen) atoms. The highest BCUT2D eigenvalue weighted by molar-refractivity contribution is 7.92. The van der Waals surface area contributed by atoms with Crippen LogP contribution >= 0.6 is 0 Å². The number of rotatable bonds is 6. The smallest absolute Gasteiger partial charge is 0.261 e. The Balaban J connectivity index is 1.91. The molecule has 162 valence electrons. The van der Waals surface area contributed by atoms with Crippen LogP contribution in [-0.2, 0) is 10.0 Å². The second kappa shape index (κ2) is 9.06. The summed E-state index contributed by atoms with van der Waals surface area (Å²) in [7, 11) is -0.372. The Hall–Kier alpha value is -2.58. The average molecular weight is 431 g/mol. The van der Waals surface area contributed by atoms with Crippen LogP contribution in [0.1, 0.15) is 35.7 Å². The second-order valence-electron chi connectivity index (χ2n) is 8.00. The lowest BCUT2D eigenvalue weighted by atomic mass is 10.0. The van der Waals surface area contributed by atoms with Gasteiger partial charge in [0, 0.05) is 51.6 Å². The number of hydrogen-bond acceptors (Lipinski definition) is 5. The Bertz CT molecular complexity index is 996. The zero-order valence-corrected chi connectivity index (χ0v) is 18.8. The summed E-state index contributed by atoms with van der Waals surface area (Å²) in [6.45, 7) is 7.39. The Morgan fingerprint density at radius 3 is 2.27 bits per heavy atom. The van der Waals surface area contributed by atoms with Crippen molar-refractivity contribution in [1.82, 2.24) is 10.2 Å². The molecule has 0 atom stereocenters. The molecule has 7 nitrogen and oxygen atoms in total. The molecule has 0 radical (unpaired) electrons. The van der Waals surface area contributed by atoms with Gasteiger partial charge in [0.15, 0.2) is 0 Å². The minimum absolute atomic E-state index is 0.161. The van der Waals surface area contributed by atoms with Crippen LogP contribution in [0.2, 0.25) is 0 Å². The molecule has 0 aliphatic carbocycles. The normalized spacial score (nSPS) is 14.6. The molecule has 8 heteroatoms. The molecule has 3 rings (SSSR count). The van der Waals surface area contributed by atoms with Crippen molar-refractivity contribution in [2.45, 2.75) is 24.7 Å². The van der Waals surface area contributed by atoms with Gasteiger partial charge in [0.1, 0.15) is 0 Å². The molecule has 0 saturated carbocycles. The summed E-state index contributed by atoms with van der Waals surface area (Å²) in [5.74, 6) is 0.165. The lowest BCUT2D eigenvalue weighted by Crippen LogP contribution is -2.44. The van der Waals surface area contributed by atoms with Gasteiger partial charge in [-0.15, -0.1) is 0 Å². The number of carbonyl (C=O) groups is 1. The first-order chi connectivity index (χ1) is 14.2. The lowest BCUT2D eigenvalue weighted by Gasteiger charge is -2.31. The first-order valence-electron chi connectivity index (χ1n) is 10.1. The fourth-order valence-electron chi connectivity index (χ4n) is 3.44. The van der Waals surface area contributed by atoms with E-state index in [1.165, 1.54) is 4.90 Å². The van der Waals surface area contributed by atoms with Gasteiger partial charge in [-0.3, -0.25) is 9.52 Å². The van der Waals surface area contributed by atoms with Crippen molar-refractivity contribution < 1.29 is 13.2 Å². The summed E-state index contributed by atoms with van der Waals surface area (Å²) < 4.78 is 28.3. The minimum atomic E-state index is -3.75. The van der Waals surface area contributed by atoms with E-state index in [2.05, 4.69) is 28.8 Å². The van der Waals surface area contributed by atoms with E-state index in [4.69, 9.17) is 0 Å². The Morgan fingerprint density at radius 1 is 1.07 bits per heavy atom. The van der Waals surface area contributed by atoms with E-state index in [9.17, 15) is 13.2 Å². The molecule has 1 aliphatic rings. The van der Waals surface area contributed by atoms with E-state index in [0.29, 0.717) is 17.2 Å². The molecule has 1 heterocycles. The predicted octanol–water partition coefficient (Wildman–Crippen LogP) is 2.72. The monoisotopic (exact) mass is 430 g/mol. The van der Waals surface area contributed by atoms with Crippen molar-refractivity contribution in [2.24, 2.45) is 0 Å². The van der Waals surface area contributed by atoms with Gasteiger partial charge in [-0.05, 0) is 41.8 Å². The maximum Gasteiger partial charge on any atom is 0.261 e. The van der Waals surface area contributed by atoms with Crippen LogP contribution in [-0.4, -0.2) is 59.5 Å². The highest BCUT2D eigenvalue weighted by Crippen LogP contribution is 2.27. The van der Waals surface area contributed by atoms with Crippen molar-refractivity contribution in [3.05, 3.63) is 53.6 Å². The third-order valence-electron chi connectivity index (χ3n) is 5.20. The van der Waals surface area contributed by atoms with E-state index in [1.807, 2.05) is 18.2 Å². The number of amides is 1. The van der Waals surface area contributed by atoms with E-state index in [0.717, 1.165) is 37.4 Å². The van der Waals surface area contributed by atoms with Gasteiger partial charge in [-0.1, -0.05) is 26.0 Å². The molecule has 0 aromatic heterocycles. The summed E-state index contributed by atoms with van der Waals surface area (Å²) in [5.41, 5.74) is 2.75. The number of benzene rings is 2. The van der Waals surface area contributed by atoms with E-state index >= 15 is 0 Å². The maximum absolute atomic E-state index is 12.9. The van der Waals surface area contributed by atoms with Gasteiger partial charge >= 0.3 is 0 Å². The molecule has 0 bridgehead atoms. The molecular weight excluding hydrogens is 400 g/mol. The fraction of sp³-hybridized carbons (Fsp3) is 0.409. The highest BCUT2D eigenvalue weighted by atomic mass is 32.2. The van der Waals surface area contributed by atoms with Crippen LogP contribution in [0.3, 0.4) is 0 Å². The number of piperazine rings is 1. The Labute approximate surface area is 179 Å². The van der Waals surface area contributed by atoms with Crippen LogP contribution < -0.4 is 14.9 Å². The molecule has 1 aliphatic heterocycles. The molecule has 1 saturated heterocycles. The standard InChI is InChI=1S/C22H30N4O3S/c1-16(2)17-5-8-19(9-6-17)30(28,29)24-18-7-10-21(26-13-11-23-12-14-26)20(15-18)22(27)25(3)4/h5-10,15-16,23-24H,11-14H2,1-4H3.